The monoisotopic (exact) mass is 258 g/mol. The summed E-state index contributed by atoms with van der Waals surface area (Å²) in [5, 5.41) is 6.24. The number of rotatable bonds is 2. The minimum absolute atomic E-state index is 0.0283. The van der Waals surface area contributed by atoms with E-state index >= 15 is 0 Å². The third kappa shape index (κ3) is 2.21. The maximum Gasteiger partial charge on any atom is 0.244 e. The van der Waals surface area contributed by atoms with Gasteiger partial charge in [0.05, 0.1) is 16.6 Å². The summed E-state index contributed by atoms with van der Waals surface area (Å²) in [5.74, 6) is 0.906. The number of aryl methyl sites for hydroxylation is 1. The fourth-order valence-corrected chi connectivity index (χ4v) is 2.57. The van der Waals surface area contributed by atoms with E-state index in [2.05, 4.69) is 20.6 Å². The van der Waals surface area contributed by atoms with Crippen LogP contribution in [0.25, 0.3) is 11.0 Å². The number of benzene rings is 1. The van der Waals surface area contributed by atoms with Gasteiger partial charge in [-0.1, -0.05) is 0 Å². The summed E-state index contributed by atoms with van der Waals surface area (Å²) in [6, 6.07) is 5.73. The Morgan fingerprint density at radius 3 is 3.05 bits per heavy atom. The fourth-order valence-electron chi connectivity index (χ4n) is 2.57. The molecule has 1 saturated heterocycles. The third-order valence-corrected chi connectivity index (χ3v) is 3.73. The second kappa shape index (κ2) is 4.35. The molecule has 0 saturated carbocycles. The van der Waals surface area contributed by atoms with Crippen LogP contribution in [-0.2, 0) is 4.79 Å². The summed E-state index contributed by atoms with van der Waals surface area (Å²) in [6.45, 7) is 4.78. The van der Waals surface area contributed by atoms with Crippen molar-refractivity contribution >= 4 is 22.6 Å². The number of aromatic amines is 1. The van der Waals surface area contributed by atoms with Crippen LogP contribution in [0.3, 0.4) is 0 Å². The van der Waals surface area contributed by atoms with Crippen molar-refractivity contribution in [2.45, 2.75) is 32.2 Å². The Morgan fingerprint density at radius 1 is 1.47 bits per heavy atom. The molecule has 0 spiro atoms. The summed E-state index contributed by atoms with van der Waals surface area (Å²) >= 11 is 0. The lowest BCUT2D eigenvalue weighted by Gasteiger charge is -2.23. The number of nitrogens with one attached hydrogen (secondary N) is 3. The Balaban J connectivity index is 1.82. The average molecular weight is 258 g/mol. The Kier molecular flexibility index (Phi) is 2.78. The number of fused-ring (bicyclic) bond motifs is 1. The van der Waals surface area contributed by atoms with E-state index < -0.39 is 5.54 Å². The number of H-pyrrole nitrogens is 1. The molecule has 1 amide bonds. The smallest absolute Gasteiger partial charge is 0.244 e. The van der Waals surface area contributed by atoms with Gasteiger partial charge < -0.3 is 15.6 Å². The van der Waals surface area contributed by atoms with Gasteiger partial charge in [0.15, 0.2) is 0 Å². The van der Waals surface area contributed by atoms with Crippen LogP contribution in [0.2, 0.25) is 0 Å². The molecule has 19 heavy (non-hydrogen) atoms. The number of anilines is 1. The molecule has 2 heterocycles. The maximum absolute atomic E-state index is 12.3. The summed E-state index contributed by atoms with van der Waals surface area (Å²) < 4.78 is 0. The number of hydrogen-bond donors (Lipinski definition) is 3. The number of amides is 1. The number of aromatic nitrogens is 2. The van der Waals surface area contributed by atoms with Crippen molar-refractivity contribution < 1.29 is 4.79 Å². The lowest BCUT2D eigenvalue weighted by molar-refractivity contribution is -0.121. The molecule has 0 aliphatic carbocycles. The maximum atomic E-state index is 12.3. The number of nitrogens with zero attached hydrogens (tertiary/aromatic N) is 1. The third-order valence-electron chi connectivity index (χ3n) is 3.73. The molecule has 1 unspecified atom stereocenters. The average Bonchev–Trinajstić information content (AvgIpc) is 2.95. The van der Waals surface area contributed by atoms with Gasteiger partial charge in [0.2, 0.25) is 5.91 Å². The first-order chi connectivity index (χ1) is 9.07. The van der Waals surface area contributed by atoms with E-state index in [0.717, 1.165) is 41.9 Å². The Bertz CT molecular complexity index is 625. The van der Waals surface area contributed by atoms with Crippen LogP contribution in [0.15, 0.2) is 18.2 Å². The predicted octanol–water partition coefficient (Wildman–Crippen LogP) is 1.95. The van der Waals surface area contributed by atoms with Crippen molar-refractivity contribution in [1.29, 1.82) is 0 Å². The number of carbonyl (C=O) groups excluding carboxylic acids is 1. The van der Waals surface area contributed by atoms with Gasteiger partial charge in [0.1, 0.15) is 5.82 Å². The van der Waals surface area contributed by atoms with Crippen molar-refractivity contribution in [2.24, 2.45) is 0 Å². The van der Waals surface area contributed by atoms with Crippen molar-refractivity contribution in [2.75, 3.05) is 11.9 Å². The molecule has 1 aliphatic rings. The fraction of sp³-hybridized carbons (Fsp3) is 0.429. The van der Waals surface area contributed by atoms with E-state index in [0.29, 0.717) is 0 Å². The molecule has 5 heteroatoms. The van der Waals surface area contributed by atoms with E-state index in [1.807, 2.05) is 32.0 Å². The standard InChI is InChI=1S/C14H18N4O/c1-9-16-11-5-4-10(8-12(11)17-9)18-13(19)14(2)6-3-7-15-14/h4-5,8,15H,3,6-7H2,1-2H3,(H,16,17)(H,18,19). The van der Waals surface area contributed by atoms with Crippen LogP contribution in [0, 0.1) is 6.92 Å². The highest BCUT2D eigenvalue weighted by Crippen LogP contribution is 2.22. The minimum Gasteiger partial charge on any atom is -0.342 e. The zero-order valence-corrected chi connectivity index (χ0v) is 11.2. The van der Waals surface area contributed by atoms with Gasteiger partial charge in [-0.2, -0.15) is 0 Å². The van der Waals surface area contributed by atoms with E-state index in [9.17, 15) is 4.79 Å². The first-order valence-corrected chi connectivity index (χ1v) is 6.60. The Hall–Kier alpha value is -1.88. The Morgan fingerprint density at radius 2 is 2.32 bits per heavy atom. The van der Waals surface area contributed by atoms with Crippen molar-refractivity contribution in [3.05, 3.63) is 24.0 Å². The SMILES string of the molecule is Cc1nc2ccc(NC(=O)C3(C)CCCN3)cc2[nH]1. The lowest BCUT2D eigenvalue weighted by atomic mass is 9.99. The molecule has 0 bridgehead atoms. The van der Waals surface area contributed by atoms with Gasteiger partial charge in [-0.3, -0.25) is 4.79 Å². The van der Waals surface area contributed by atoms with Gasteiger partial charge in [-0.15, -0.1) is 0 Å². The van der Waals surface area contributed by atoms with Crippen LogP contribution < -0.4 is 10.6 Å². The molecule has 100 valence electrons. The summed E-state index contributed by atoms with van der Waals surface area (Å²) in [5.41, 5.74) is 2.22. The lowest BCUT2D eigenvalue weighted by Crippen LogP contribution is -2.47. The zero-order chi connectivity index (χ0) is 13.5. The largest absolute Gasteiger partial charge is 0.342 e. The quantitative estimate of drug-likeness (QED) is 0.771. The molecule has 3 N–H and O–H groups in total. The van der Waals surface area contributed by atoms with Crippen LogP contribution in [0.4, 0.5) is 5.69 Å². The van der Waals surface area contributed by atoms with Crippen LogP contribution >= 0.6 is 0 Å². The highest BCUT2D eigenvalue weighted by molar-refractivity contribution is 5.99. The number of hydrogen-bond acceptors (Lipinski definition) is 3. The first-order valence-electron chi connectivity index (χ1n) is 6.60. The summed E-state index contributed by atoms with van der Waals surface area (Å²) in [6.07, 6.45) is 1.92. The molecule has 2 aromatic rings. The van der Waals surface area contributed by atoms with Crippen LogP contribution in [-0.4, -0.2) is 28.0 Å². The zero-order valence-electron chi connectivity index (χ0n) is 11.2. The summed E-state index contributed by atoms with van der Waals surface area (Å²) in [4.78, 5) is 19.8. The number of carbonyl (C=O) groups is 1. The van der Waals surface area contributed by atoms with E-state index in [-0.39, 0.29) is 5.91 Å². The van der Waals surface area contributed by atoms with Gasteiger partial charge in [-0.25, -0.2) is 4.98 Å². The molecule has 0 radical (unpaired) electrons. The molecular weight excluding hydrogens is 240 g/mol. The first kappa shape index (κ1) is 12.2. The molecule has 1 aliphatic heterocycles. The van der Waals surface area contributed by atoms with E-state index in [1.54, 1.807) is 0 Å². The van der Waals surface area contributed by atoms with Gasteiger partial charge in [-0.05, 0) is 51.4 Å². The highest BCUT2D eigenvalue weighted by atomic mass is 16.2. The van der Waals surface area contributed by atoms with Crippen molar-refractivity contribution in [3.8, 4) is 0 Å². The molecule has 5 nitrogen and oxygen atoms in total. The molecule has 1 aromatic heterocycles. The number of imidazole rings is 1. The molecule has 1 atom stereocenters. The van der Waals surface area contributed by atoms with E-state index in [4.69, 9.17) is 0 Å². The highest BCUT2D eigenvalue weighted by Gasteiger charge is 2.35. The predicted molar refractivity (Wildman–Crippen MR) is 75.1 cm³/mol. The van der Waals surface area contributed by atoms with Crippen molar-refractivity contribution in [3.63, 3.8) is 0 Å². The van der Waals surface area contributed by atoms with Crippen LogP contribution in [0.5, 0.6) is 0 Å². The Labute approximate surface area is 111 Å². The van der Waals surface area contributed by atoms with Gasteiger partial charge in [0, 0.05) is 5.69 Å². The topological polar surface area (TPSA) is 69.8 Å². The van der Waals surface area contributed by atoms with Crippen LogP contribution in [0.1, 0.15) is 25.6 Å². The minimum atomic E-state index is -0.446. The second-order valence-electron chi connectivity index (χ2n) is 5.37. The molecule has 1 fully saturated rings. The summed E-state index contributed by atoms with van der Waals surface area (Å²) in [7, 11) is 0. The molecule has 1 aromatic carbocycles. The van der Waals surface area contributed by atoms with E-state index in [1.165, 1.54) is 0 Å². The second-order valence-corrected chi connectivity index (χ2v) is 5.37. The normalized spacial score (nSPS) is 22.8. The van der Waals surface area contributed by atoms with Gasteiger partial charge >= 0.3 is 0 Å². The molecule has 3 rings (SSSR count). The van der Waals surface area contributed by atoms with Crippen molar-refractivity contribution in [1.82, 2.24) is 15.3 Å². The van der Waals surface area contributed by atoms with Gasteiger partial charge in [0.25, 0.3) is 0 Å². The molecular formula is C14H18N4O.